The van der Waals surface area contributed by atoms with Crippen molar-refractivity contribution in [1.82, 2.24) is 0 Å². The first kappa shape index (κ1) is 13.1. The summed E-state index contributed by atoms with van der Waals surface area (Å²) in [6.45, 7) is 2.68. The van der Waals surface area contributed by atoms with Crippen molar-refractivity contribution < 1.29 is 14.4 Å². The highest BCUT2D eigenvalue weighted by atomic mass is 16.7. The molecule has 0 saturated carbocycles. The third-order valence-corrected chi connectivity index (χ3v) is 3.79. The Hall–Kier alpha value is -1.86. The van der Waals surface area contributed by atoms with Crippen LogP contribution in [-0.2, 0) is 9.47 Å². The van der Waals surface area contributed by atoms with Gasteiger partial charge in [0.05, 0.1) is 36.1 Å². The molecule has 0 bridgehead atoms. The second-order valence-electron chi connectivity index (χ2n) is 5.13. The summed E-state index contributed by atoms with van der Waals surface area (Å²) in [6.07, 6.45) is 1.81. The number of nitro benzene ring substituents is 1. The number of benzene rings is 1. The lowest BCUT2D eigenvalue weighted by atomic mass is 10.0. The normalized spacial score (nSPS) is 21.3. The number of rotatable bonds is 2. The van der Waals surface area contributed by atoms with Crippen LogP contribution in [0.1, 0.15) is 12.8 Å². The smallest absolute Gasteiger partial charge is 0.271 e. The fourth-order valence-corrected chi connectivity index (χ4v) is 2.87. The number of anilines is 2. The summed E-state index contributed by atoms with van der Waals surface area (Å²) in [7, 11) is 0. The summed E-state index contributed by atoms with van der Waals surface area (Å²) in [6, 6.07) is 4.57. The molecule has 7 heteroatoms. The number of non-ortho nitro benzene ring substituents is 1. The predicted molar refractivity (Wildman–Crippen MR) is 73.6 cm³/mol. The third-order valence-electron chi connectivity index (χ3n) is 3.79. The molecular formula is C13H17N3O4. The molecule has 2 heterocycles. The van der Waals surface area contributed by atoms with E-state index in [-0.39, 0.29) is 5.69 Å². The van der Waals surface area contributed by atoms with Crippen molar-refractivity contribution >= 4 is 17.1 Å². The second-order valence-corrected chi connectivity index (χ2v) is 5.13. The van der Waals surface area contributed by atoms with Gasteiger partial charge >= 0.3 is 0 Å². The summed E-state index contributed by atoms with van der Waals surface area (Å²) in [5, 5.41) is 10.7. The van der Waals surface area contributed by atoms with Gasteiger partial charge in [0.25, 0.3) is 5.69 Å². The van der Waals surface area contributed by atoms with E-state index in [4.69, 9.17) is 15.2 Å². The van der Waals surface area contributed by atoms with Crippen LogP contribution < -0.4 is 10.6 Å². The van der Waals surface area contributed by atoms with Crippen molar-refractivity contribution in [1.29, 1.82) is 0 Å². The highest BCUT2D eigenvalue weighted by molar-refractivity contribution is 5.71. The van der Waals surface area contributed by atoms with Gasteiger partial charge in [-0.3, -0.25) is 10.1 Å². The number of nitro groups is 1. The minimum atomic E-state index is -0.535. The standard InChI is InChI=1S/C13H17N3O4/c14-11-8-10(16(17)18)2-3-12(11)15-5-1-4-13(9-15)19-6-7-20-13/h2-3,8H,1,4-7,9,14H2. The SMILES string of the molecule is Nc1cc([N+](=O)[O-])ccc1N1CCCC2(C1)OCCO2. The topological polar surface area (TPSA) is 90.9 Å². The Labute approximate surface area is 116 Å². The molecule has 20 heavy (non-hydrogen) atoms. The molecule has 108 valence electrons. The van der Waals surface area contributed by atoms with Gasteiger partial charge in [-0.25, -0.2) is 0 Å². The molecule has 0 atom stereocenters. The van der Waals surface area contributed by atoms with Crippen molar-refractivity contribution in [3.8, 4) is 0 Å². The molecule has 1 aromatic carbocycles. The first-order chi connectivity index (χ1) is 9.60. The molecule has 0 aromatic heterocycles. The highest BCUT2D eigenvalue weighted by Gasteiger charge is 2.41. The number of hydrogen-bond donors (Lipinski definition) is 1. The maximum Gasteiger partial charge on any atom is 0.271 e. The van der Waals surface area contributed by atoms with E-state index in [9.17, 15) is 10.1 Å². The molecule has 2 aliphatic heterocycles. The van der Waals surface area contributed by atoms with E-state index in [1.807, 2.05) is 0 Å². The lowest BCUT2D eigenvalue weighted by Gasteiger charge is -2.40. The van der Waals surface area contributed by atoms with Crippen molar-refractivity contribution in [2.75, 3.05) is 36.9 Å². The number of piperidine rings is 1. The van der Waals surface area contributed by atoms with Crippen molar-refractivity contribution in [2.24, 2.45) is 0 Å². The van der Waals surface area contributed by atoms with Gasteiger partial charge in [-0.05, 0) is 12.5 Å². The van der Waals surface area contributed by atoms with Crippen LogP contribution in [0.25, 0.3) is 0 Å². The fourth-order valence-electron chi connectivity index (χ4n) is 2.87. The Morgan fingerprint density at radius 2 is 2.10 bits per heavy atom. The molecule has 7 nitrogen and oxygen atoms in total. The van der Waals surface area contributed by atoms with Gasteiger partial charge in [-0.1, -0.05) is 0 Å². The average molecular weight is 279 g/mol. The summed E-state index contributed by atoms with van der Waals surface area (Å²) in [4.78, 5) is 12.4. The van der Waals surface area contributed by atoms with E-state index in [2.05, 4.69) is 4.90 Å². The Kier molecular flexibility index (Phi) is 3.23. The number of ether oxygens (including phenoxy) is 2. The van der Waals surface area contributed by atoms with E-state index in [1.54, 1.807) is 6.07 Å². The largest absolute Gasteiger partial charge is 0.397 e. The molecule has 0 radical (unpaired) electrons. The van der Waals surface area contributed by atoms with E-state index in [0.29, 0.717) is 25.4 Å². The summed E-state index contributed by atoms with van der Waals surface area (Å²) < 4.78 is 11.4. The van der Waals surface area contributed by atoms with Gasteiger partial charge < -0.3 is 20.1 Å². The van der Waals surface area contributed by atoms with Crippen LogP contribution >= 0.6 is 0 Å². The number of nitrogens with two attached hydrogens (primary N) is 1. The zero-order valence-corrected chi connectivity index (χ0v) is 11.1. The molecule has 2 saturated heterocycles. The fraction of sp³-hybridized carbons (Fsp3) is 0.538. The van der Waals surface area contributed by atoms with Crippen LogP contribution in [-0.4, -0.2) is 37.0 Å². The molecule has 3 rings (SSSR count). The van der Waals surface area contributed by atoms with Crippen LogP contribution in [0.15, 0.2) is 18.2 Å². The molecule has 2 N–H and O–H groups in total. The highest BCUT2D eigenvalue weighted by Crippen LogP contribution is 2.35. The molecule has 1 spiro atoms. The van der Waals surface area contributed by atoms with Crippen LogP contribution in [0.3, 0.4) is 0 Å². The summed E-state index contributed by atoms with van der Waals surface area (Å²) in [5.74, 6) is -0.535. The Balaban J connectivity index is 1.83. The lowest BCUT2D eigenvalue weighted by molar-refractivity contribution is -0.384. The van der Waals surface area contributed by atoms with Gasteiger partial charge in [0.1, 0.15) is 0 Å². The second kappa shape index (κ2) is 4.92. The Morgan fingerprint density at radius 3 is 2.75 bits per heavy atom. The Bertz CT molecular complexity index is 528. The monoisotopic (exact) mass is 279 g/mol. The number of nitrogens with zero attached hydrogens (tertiary/aromatic N) is 2. The van der Waals surface area contributed by atoms with E-state index in [0.717, 1.165) is 25.1 Å². The van der Waals surface area contributed by atoms with Gasteiger partial charge in [0.15, 0.2) is 5.79 Å². The van der Waals surface area contributed by atoms with E-state index >= 15 is 0 Å². The molecule has 1 aromatic rings. The van der Waals surface area contributed by atoms with Gasteiger partial charge in [-0.15, -0.1) is 0 Å². The summed E-state index contributed by atoms with van der Waals surface area (Å²) >= 11 is 0. The first-order valence-electron chi connectivity index (χ1n) is 6.66. The van der Waals surface area contributed by atoms with Crippen LogP contribution in [0.2, 0.25) is 0 Å². The third kappa shape index (κ3) is 2.30. The molecule has 0 unspecified atom stereocenters. The molecule has 2 aliphatic rings. The average Bonchev–Trinajstić information content (AvgIpc) is 2.86. The van der Waals surface area contributed by atoms with Crippen molar-refractivity contribution in [3.05, 3.63) is 28.3 Å². The van der Waals surface area contributed by atoms with Crippen LogP contribution in [0.5, 0.6) is 0 Å². The number of hydrogen-bond acceptors (Lipinski definition) is 6. The molecule has 0 aliphatic carbocycles. The predicted octanol–water partition coefficient (Wildman–Crippen LogP) is 1.52. The minimum absolute atomic E-state index is 0.00587. The van der Waals surface area contributed by atoms with Crippen molar-refractivity contribution in [2.45, 2.75) is 18.6 Å². The number of nitrogen functional groups attached to an aromatic ring is 1. The molecule has 0 amide bonds. The van der Waals surface area contributed by atoms with Gasteiger partial charge in [-0.2, -0.15) is 0 Å². The maximum absolute atomic E-state index is 10.7. The first-order valence-corrected chi connectivity index (χ1v) is 6.66. The molecule has 2 fully saturated rings. The zero-order chi connectivity index (χ0) is 14.2. The maximum atomic E-state index is 10.7. The van der Waals surface area contributed by atoms with Gasteiger partial charge in [0.2, 0.25) is 0 Å². The van der Waals surface area contributed by atoms with Gasteiger partial charge in [0, 0.05) is 25.1 Å². The minimum Gasteiger partial charge on any atom is -0.397 e. The summed E-state index contributed by atoms with van der Waals surface area (Å²) in [5.41, 5.74) is 7.17. The zero-order valence-electron chi connectivity index (χ0n) is 11.1. The quantitative estimate of drug-likeness (QED) is 0.501. The van der Waals surface area contributed by atoms with E-state index < -0.39 is 10.7 Å². The Morgan fingerprint density at radius 1 is 1.35 bits per heavy atom. The van der Waals surface area contributed by atoms with Crippen LogP contribution in [0.4, 0.5) is 17.1 Å². The van der Waals surface area contributed by atoms with Crippen molar-refractivity contribution in [3.63, 3.8) is 0 Å². The molecular weight excluding hydrogens is 262 g/mol. The lowest BCUT2D eigenvalue weighted by Crippen LogP contribution is -2.49. The van der Waals surface area contributed by atoms with E-state index in [1.165, 1.54) is 12.1 Å². The van der Waals surface area contributed by atoms with Crippen LogP contribution in [0, 0.1) is 10.1 Å².